The normalized spacial score (nSPS) is 24.2. The lowest BCUT2D eigenvalue weighted by Crippen LogP contribution is -2.49. The van der Waals surface area contributed by atoms with Gasteiger partial charge in [-0.05, 0) is 49.8 Å². The largest absolute Gasteiger partial charge is 0.355 e. The van der Waals surface area contributed by atoms with E-state index in [0.717, 1.165) is 24.2 Å². The Kier molecular flexibility index (Phi) is 5.67. The van der Waals surface area contributed by atoms with Gasteiger partial charge in [0.05, 0.1) is 0 Å². The zero-order valence-corrected chi connectivity index (χ0v) is 16.2. The van der Waals surface area contributed by atoms with Gasteiger partial charge in [-0.25, -0.2) is 4.79 Å². The molecule has 1 aliphatic carbocycles. The van der Waals surface area contributed by atoms with Crippen molar-refractivity contribution in [1.82, 2.24) is 15.5 Å². The van der Waals surface area contributed by atoms with Crippen LogP contribution in [0.4, 0.5) is 10.5 Å². The summed E-state index contributed by atoms with van der Waals surface area (Å²) in [4.78, 5) is 50.3. The Balaban J connectivity index is 1.64. The molecule has 150 valence electrons. The molecule has 1 spiro atoms. The van der Waals surface area contributed by atoms with E-state index in [0.29, 0.717) is 30.0 Å². The number of carbonyl (C=O) groups excluding carboxylic acids is 4. The number of amides is 5. The summed E-state index contributed by atoms with van der Waals surface area (Å²) in [5, 5.41) is 7.98. The van der Waals surface area contributed by atoms with Crippen molar-refractivity contribution in [3.63, 3.8) is 0 Å². The Morgan fingerprint density at radius 2 is 1.96 bits per heavy atom. The summed E-state index contributed by atoms with van der Waals surface area (Å²) in [5.74, 6) is -0.492. The number of imide groups is 1. The van der Waals surface area contributed by atoms with Crippen LogP contribution in [-0.2, 0) is 9.59 Å². The molecule has 8 nitrogen and oxygen atoms in total. The van der Waals surface area contributed by atoms with E-state index < -0.39 is 17.5 Å². The molecule has 1 saturated carbocycles. The minimum atomic E-state index is -0.859. The van der Waals surface area contributed by atoms with Crippen LogP contribution in [0.2, 0.25) is 0 Å². The third-order valence-corrected chi connectivity index (χ3v) is 5.72. The lowest BCUT2D eigenvalue weighted by atomic mass is 9.75. The fourth-order valence-corrected chi connectivity index (χ4v) is 3.96. The van der Waals surface area contributed by atoms with Gasteiger partial charge in [-0.15, -0.1) is 0 Å². The summed E-state index contributed by atoms with van der Waals surface area (Å²) in [6.07, 6.45) is 4.09. The maximum atomic E-state index is 12.9. The first kappa shape index (κ1) is 19.9. The van der Waals surface area contributed by atoms with E-state index in [1.165, 1.54) is 13.1 Å². The van der Waals surface area contributed by atoms with Crippen LogP contribution in [0.5, 0.6) is 0 Å². The predicted octanol–water partition coefficient (Wildman–Crippen LogP) is 1.88. The second-order valence-electron chi connectivity index (χ2n) is 7.46. The van der Waals surface area contributed by atoms with E-state index in [1.54, 1.807) is 18.2 Å². The van der Waals surface area contributed by atoms with E-state index in [1.807, 2.05) is 0 Å². The number of nitrogens with one attached hydrogen (secondary N) is 3. The molecule has 0 unspecified atom stereocenters. The van der Waals surface area contributed by atoms with Crippen LogP contribution in [0.15, 0.2) is 24.3 Å². The zero-order valence-electron chi connectivity index (χ0n) is 16.2. The molecule has 0 atom stereocenters. The fraction of sp³-hybridized carbons (Fsp3) is 0.500. The number of carbonyl (C=O) groups is 4. The molecule has 3 rings (SSSR count). The molecule has 5 amide bonds. The minimum absolute atomic E-state index is 0.269. The second-order valence-corrected chi connectivity index (χ2v) is 7.46. The quantitative estimate of drug-likeness (QED) is 0.672. The van der Waals surface area contributed by atoms with Gasteiger partial charge in [0.2, 0.25) is 5.91 Å². The molecule has 2 aliphatic rings. The van der Waals surface area contributed by atoms with Gasteiger partial charge < -0.3 is 16.0 Å². The highest BCUT2D eigenvalue weighted by atomic mass is 16.2. The van der Waals surface area contributed by atoms with Gasteiger partial charge in [-0.1, -0.05) is 19.4 Å². The third kappa shape index (κ3) is 3.85. The number of anilines is 1. The van der Waals surface area contributed by atoms with Gasteiger partial charge in [0.15, 0.2) is 0 Å². The molecule has 1 heterocycles. The first-order valence-corrected chi connectivity index (χ1v) is 9.64. The van der Waals surface area contributed by atoms with Crippen LogP contribution in [-0.4, -0.2) is 47.8 Å². The SMILES string of the molecule is CCC1CCC2(CC1)NC(=O)N(CC(=O)Nc1cccc(C(=O)NC)c1)C2=O. The standard InChI is InChI=1S/C20H26N4O4/c1-3-13-7-9-20(10-8-13)18(27)24(19(28)23-20)12-16(25)22-15-6-4-5-14(11-15)17(26)21-2/h4-6,11,13H,3,7-10,12H2,1-2H3,(H,21,26)(H,22,25)(H,23,28). The van der Waals surface area contributed by atoms with E-state index >= 15 is 0 Å². The summed E-state index contributed by atoms with van der Waals surface area (Å²) in [7, 11) is 1.52. The average Bonchev–Trinajstić information content (AvgIpc) is 2.92. The molecule has 1 aromatic rings. The molecule has 8 heteroatoms. The molecule has 1 saturated heterocycles. The highest BCUT2D eigenvalue weighted by Crippen LogP contribution is 2.37. The lowest BCUT2D eigenvalue weighted by molar-refractivity contribution is -0.135. The van der Waals surface area contributed by atoms with Crippen LogP contribution in [0, 0.1) is 5.92 Å². The fourth-order valence-electron chi connectivity index (χ4n) is 3.96. The van der Waals surface area contributed by atoms with Crippen molar-refractivity contribution >= 4 is 29.4 Å². The van der Waals surface area contributed by atoms with Gasteiger partial charge in [0, 0.05) is 18.3 Å². The number of urea groups is 1. The Labute approximate surface area is 164 Å². The van der Waals surface area contributed by atoms with Crippen molar-refractivity contribution < 1.29 is 19.2 Å². The Morgan fingerprint density at radius 1 is 1.25 bits per heavy atom. The first-order chi connectivity index (χ1) is 13.4. The summed E-state index contributed by atoms with van der Waals surface area (Å²) in [6.45, 7) is 1.78. The second kappa shape index (κ2) is 8.00. The van der Waals surface area contributed by atoms with E-state index in [-0.39, 0.29) is 18.4 Å². The molecule has 1 aromatic carbocycles. The van der Waals surface area contributed by atoms with Crippen LogP contribution < -0.4 is 16.0 Å². The number of hydrogen-bond donors (Lipinski definition) is 3. The van der Waals surface area contributed by atoms with Gasteiger partial charge in [0.25, 0.3) is 11.8 Å². The van der Waals surface area contributed by atoms with E-state index in [4.69, 9.17) is 0 Å². The van der Waals surface area contributed by atoms with Crippen molar-refractivity contribution in [2.45, 2.75) is 44.6 Å². The molecule has 0 aromatic heterocycles. The topological polar surface area (TPSA) is 108 Å². The first-order valence-electron chi connectivity index (χ1n) is 9.64. The minimum Gasteiger partial charge on any atom is -0.355 e. The molecule has 2 fully saturated rings. The monoisotopic (exact) mass is 386 g/mol. The van der Waals surface area contributed by atoms with Crippen molar-refractivity contribution in [1.29, 1.82) is 0 Å². The third-order valence-electron chi connectivity index (χ3n) is 5.72. The number of hydrogen-bond acceptors (Lipinski definition) is 4. The molecule has 3 N–H and O–H groups in total. The van der Waals surface area contributed by atoms with E-state index in [2.05, 4.69) is 22.9 Å². The maximum Gasteiger partial charge on any atom is 0.325 e. The predicted molar refractivity (Wildman–Crippen MR) is 104 cm³/mol. The summed E-state index contributed by atoms with van der Waals surface area (Å²) in [6, 6.07) is 5.94. The van der Waals surface area contributed by atoms with Crippen molar-refractivity contribution in [2.75, 3.05) is 18.9 Å². The van der Waals surface area contributed by atoms with Crippen LogP contribution in [0.25, 0.3) is 0 Å². The van der Waals surface area contributed by atoms with Gasteiger partial charge in [-0.2, -0.15) is 0 Å². The van der Waals surface area contributed by atoms with Gasteiger partial charge >= 0.3 is 6.03 Å². The molecular weight excluding hydrogens is 360 g/mol. The lowest BCUT2D eigenvalue weighted by Gasteiger charge is -2.34. The highest BCUT2D eigenvalue weighted by Gasteiger charge is 2.52. The van der Waals surface area contributed by atoms with Crippen molar-refractivity contribution in [3.8, 4) is 0 Å². The summed E-state index contributed by atoms with van der Waals surface area (Å²) >= 11 is 0. The zero-order chi connectivity index (χ0) is 20.3. The van der Waals surface area contributed by atoms with Crippen LogP contribution in [0.1, 0.15) is 49.4 Å². The Morgan fingerprint density at radius 3 is 2.61 bits per heavy atom. The summed E-state index contributed by atoms with van der Waals surface area (Å²) < 4.78 is 0. The average molecular weight is 386 g/mol. The number of rotatable bonds is 5. The smallest absolute Gasteiger partial charge is 0.325 e. The molecule has 28 heavy (non-hydrogen) atoms. The van der Waals surface area contributed by atoms with Crippen molar-refractivity contribution in [3.05, 3.63) is 29.8 Å². The van der Waals surface area contributed by atoms with Gasteiger partial charge in [-0.3, -0.25) is 19.3 Å². The number of nitrogens with zero attached hydrogens (tertiary/aromatic N) is 1. The van der Waals surface area contributed by atoms with Gasteiger partial charge in [0.1, 0.15) is 12.1 Å². The molecule has 0 radical (unpaired) electrons. The molecular formula is C20H26N4O4. The Bertz CT molecular complexity index is 799. The molecule has 1 aliphatic heterocycles. The molecule has 0 bridgehead atoms. The number of benzene rings is 1. The highest BCUT2D eigenvalue weighted by molar-refractivity contribution is 6.10. The van der Waals surface area contributed by atoms with E-state index in [9.17, 15) is 19.2 Å². The summed E-state index contributed by atoms with van der Waals surface area (Å²) in [5.41, 5.74) is -0.0273. The van der Waals surface area contributed by atoms with Crippen LogP contribution in [0.3, 0.4) is 0 Å². The Hall–Kier alpha value is -2.90. The maximum absolute atomic E-state index is 12.9. The van der Waals surface area contributed by atoms with Crippen molar-refractivity contribution in [2.24, 2.45) is 5.92 Å². The van der Waals surface area contributed by atoms with Crippen LogP contribution >= 0.6 is 0 Å².